The van der Waals surface area contributed by atoms with Crippen LogP contribution in [-0.4, -0.2) is 20.8 Å². The highest BCUT2D eigenvalue weighted by molar-refractivity contribution is 7.22. The number of aryl methyl sites for hydroxylation is 3. The summed E-state index contributed by atoms with van der Waals surface area (Å²) in [4.78, 5) is 26.5. The Morgan fingerprint density at radius 3 is 2.64 bits per heavy atom. The Bertz CT molecular complexity index is 1080. The highest BCUT2D eigenvalue weighted by atomic mass is 32.1. The van der Waals surface area contributed by atoms with E-state index in [1.807, 2.05) is 0 Å². The number of aliphatic hydroxyl groups excluding tert-OH is 1. The molecule has 25 heavy (non-hydrogen) atoms. The van der Waals surface area contributed by atoms with Gasteiger partial charge in [-0.15, -0.1) is 11.3 Å². The number of aromatic nitrogens is 2. The minimum Gasteiger partial charge on any atom is -0.396 e. The molecule has 0 saturated carbocycles. The predicted octanol–water partition coefficient (Wildman–Crippen LogP) is 2.57. The predicted molar refractivity (Wildman–Crippen MR) is 97.9 cm³/mol. The van der Waals surface area contributed by atoms with E-state index < -0.39 is 5.69 Å². The minimum atomic E-state index is -0.427. The average Bonchev–Trinajstić information content (AvgIpc) is 2.93. The number of thiophene rings is 1. The van der Waals surface area contributed by atoms with Gasteiger partial charge in [0.1, 0.15) is 10.6 Å². The Morgan fingerprint density at radius 1 is 1.24 bits per heavy atom. The lowest BCUT2D eigenvalue weighted by Gasteiger charge is -2.07. The fourth-order valence-corrected chi connectivity index (χ4v) is 4.26. The lowest BCUT2D eigenvalue weighted by molar-refractivity contribution is 0.277. The Kier molecular flexibility index (Phi) is 4.62. The van der Waals surface area contributed by atoms with Crippen molar-refractivity contribution < 1.29 is 9.50 Å². The van der Waals surface area contributed by atoms with E-state index in [0.717, 1.165) is 4.57 Å². The zero-order chi connectivity index (χ0) is 18.3. The van der Waals surface area contributed by atoms with E-state index >= 15 is 0 Å². The molecule has 0 unspecified atom stereocenters. The van der Waals surface area contributed by atoms with E-state index in [1.54, 1.807) is 39.1 Å². The molecule has 0 bridgehead atoms. The maximum absolute atomic E-state index is 14.5. The fraction of sp³-hybridized carbons (Fsp3) is 0.333. The van der Waals surface area contributed by atoms with Gasteiger partial charge < -0.3 is 5.11 Å². The van der Waals surface area contributed by atoms with Crippen molar-refractivity contribution in [1.29, 1.82) is 0 Å². The van der Waals surface area contributed by atoms with Crippen molar-refractivity contribution in [3.05, 3.63) is 56.0 Å². The van der Waals surface area contributed by atoms with Crippen LogP contribution >= 0.6 is 11.3 Å². The lowest BCUT2D eigenvalue weighted by Crippen LogP contribution is -2.39. The van der Waals surface area contributed by atoms with Crippen molar-refractivity contribution >= 4 is 21.6 Å². The van der Waals surface area contributed by atoms with Crippen LogP contribution in [-0.2, 0) is 13.6 Å². The summed E-state index contributed by atoms with van der Waals surface area (Å²) in [6, 6.07) is 5.15. The van der Waals surface area contributed by atoms with Crippen molar-refractivity contribution in [1.82, 2.24) is 9.13 Å². The summed E-state index contributed by atoms with van der Waals surface area (Å²) in [5, 5.41) is 9.42. The Balaban J connectivity index is 2.36. The van der Waals surface area contributed by atoms with Gasteiger partial charge in [-0.05, 0) is 31.4 Å². The third-order valence-electron chi connectivity index (χ3n) is 4.39. The van der Waals surface area contributed by atoms with Gasteiger partial charge in [-0.1, -0.05) is 18.2 Å². The van der Waals surface area contributed by atoms with Crippen LogP contribution in [0.4, 0.5) is 4.39 Å². The monoisotopic (exact) mass is 362 g/mol. The van der Waals surface area contributed by atoms with Gasteiger partial charge in [0.25, 0.3) is 5.56 Å². The van der Waals surface area contributed by atoms with E-state index in [9.17, 15) is 14.0 Å². The van der Waals surface area contributed by atoms with E-state index in [0.29, 0.717) is 38.2 Å². The number of hydrogen-bond acceptors (Lipinski definition) is 4. The molecule has 5 nitrogen and oxygen atoms in total. The molecule has 0 amide bonds. The average molecular weight is 362 g/mol. The number of halogens is 1. The van der Waals surface area contributed by atoms with Crippen molar-refractivity contribution in [3.63, 3.8) is 0 Å². The molecule has 0 aliphatic heterocycles. The zero-order valence-corrected chi connectivity index (χ0v) is 15.1. The second-order valence-corrected chi connectivity index (χ2v) is 7.05. The quantitative estimate of drug-likeness (QED) is 0.776. The maximum Gasteiger partial charge on any atom is 0.331 e. The summed E-state index contributed by atoms with van der Waals surface area (Å²) in [5.41, 5.74) is 0.821. The van der Waals surface area contributed by atoms with Crippen LogP contribution in [0.1, 0.15) is 17.5 Å². The standard InChI is InChI=1S/C18H19FN2O3S/c1-10-6-4-7-12(14(10)19)15-11(2)13-16(23)21(8-5-9-22)18(24)20(3)17(13)25-15/h4,6-7,22H,5,8-9H2,1-3H3. The molecule has 0 fully saturated rings. The largest absolute Gasteiger partial charge is 0.396 e. The van der Waals surface area contributed by atoms with Gasteiger partial charge in [0.2, 0.25) is 0 Å². The van der Waals surface area contributed by atoms with E-state index in [-0.39, 0.29) is 24.5 Å². The smallest absolute Gasteiger partial charge is 0.331 e. The zero-order valence-electron chi connectivity index (χ0n) is 14.3. The minimum absolute atomic E-state index is 0.101. The Hall–Kier alpha value is -2.25. The second kappa shape index (κ2) is 6.57. The number of fused-ring (bicyclic) bond motifs is 1. The molecule has 3 rings (SSSR count). The molecule has 0 aliphatic carbocycles. The summed E-state index contributed by atoms with van der Waals surface area (Å²) >= 11 is 1.25. The summed E-state index contributed by atoms with van der Waals surface area (Å²) < 4.78 is 17.1. The normalized spacial score (nSPS) is 11.4. The highest BCUT2D eigenvalue weighted by Gasteiger charge is 2.21. The molecular formula is C18H19FN2O3S. The van der Waals surface area contributed by atoms with Gasteiger partial charge in [-0.2, -0.15) is 0 Å². The molecule has 0 saturated heterocycles. The molecule has 2 heterocycles. The van der Waals surface area contributed by atoms with Crippen molar-refractivity contribution in [2.24, 2.45) is 7.05 Å². The van der Waals surface area contributed by atoms with Crippen LogP contribution in [0.25, 0.3) is 20.7 Å². The van der Waals surface area contributed by atoms with Crippen molar-refractivity contribution in [3.8, 4) is 10.4 Å². The number of nitrogens with zero attached hydrogens (tertiary/aromatic N) is 2. The van der Waals surface area contributed by atoms with E-state index in [2.05, 4.69) is 0 Å². The highest BCUT2D eigenvalue weighted by Crippen LogP contribution is 2.37. The van der Waals surface area contributed by atoms with Gasteiger partial charge >= 0.3 is 5.69 Å². The molecule has 1 N–H and O–H groups in total. The first-order valence-corrected chi connectivity index (χ1v) is 8.79. The first-order valence-electron chi connectivity index (χ1n) is 7.97. The SMILES string of the molecule is Cc1cccc(-c2sc3c(c2C)c(=O)n(CCCO)c(=O)n3C)c1F. The molecule has 0 atom stereocenters. The van der Waals surface area contributed by atoms with Crippen molar-refractivity contribution in [2.45, 2.75) is 26.8 Å². The topological polar surface area (TPSA) is 64.2 Å². The van der Waals surface area contributed by atoms with Crippen LogP contribution < -0.4 is 11.2 Å². The summed E-state index contributed by atoms with van der Waals surface area (Å²) in [7, 11) is 1.60. The molecule has 0 aliphatic rings. The maximum atomic E-state index is 14.5. The molecular weight excluding hydrogens is 343 g/mol. The van der Waals surface area contributed by atoms with Crippen molar-refractivity contribution in [2.75, 3.05) is 6.61 Å². The third-order valence-corrected chi connectivity index (χ3v) is 5.79. The number of hydrogen-bond donors (Lipinski definition) is 1. The van der Waals surface area contributed by atoms with E-state index in [1.165, 1.54) is 15.9 Å². The van der Waals surface area contributed by atoms with Crippen LogP contribution in [0.5, 0.6) is 0 Å². The third kappa shape index (κ3) is 2.73. The van der Waals surface area contributed by atoms with Gasteiger partial charge in [-0.3, -0.25) is 13.9 Å². The molecule has 3 aromatic rings. The van der Waals surface area contributed by atoms with Crippen LogP contribution in [0.2, 0.25) is 0 Å². The van der Waals surface area contributed by atoms with Crippen LogP contribution in [0, 0.1) is 19.7 Å². The van der Waals surface area contributed by atoms with Gasteiger partial charge in [0.05, 0.1) is 5.39 Å². The van der Waals surface area contributed by atoms with Gasteiger partial charge in [0, 0.05) is 30.6 Å². The molecule has 0 radical (unpaired) electrons. The van der Waals surface area contributed by atoms with Crippen LogP contribution in [0.3, 0.4) is 0 Å². The second-order valence-electron chi connectivity index (χ2n) is 6.05. The molecule has 2 aromatic heterocycles. The Labute approximate surface area is 147 Å². The number of benzene rings is 1. The fourth-order valence-electron chi connectivity index (χ4n) is 2.98. The Morgan fingerprint density at radius 2 is 1.96 bits per heavy atom. The molecule has 0 spiro atoms. The first-order chi connectivity index (χ1) is 11.9. The number of rotatable bonds is 4. The number of aliphatic hydroxyl groups is 1. The molecule has 1 aromatic carbocycles. The van der Waals surface area contributed by atoms with Gasteiger partial charge in [-0.25, -0.2) is 9.18 Å². The molecule has 132 valence electrons. The van der Waals surface area contributed by atoms with E-state index in [4.69, 9.17) is 5.11 Å². The molecule has 7 heteroatoms. The van der Waals surface area contributed by atoms with Crippen LogP contribution in [0.15, 0.2) is 27.8 Å². The lowest BCUT2D eigenvalue weighted by atomic mass is 10.1. The summed E-state index contributed by atoms with van der Waals surface area (Å²) in [6.07, 6.45) is 0.323. The first kappa shape index (κ1) is 17.6. The van der Waals surface area contributed by atoms with Gasteiger partial charge in [0.15, 0.2) is 0 Å². The summed E-state index contributed by atoms with van der Waals surface area (Å²) in [5.74, 6) is -0.317. The summed E-state index contributed by atoms with van der Waals surface area (Å²) in [6.45, 7) is 3.52.